The van der Waals surface area contributed by atoms with Crippen LogP contribution in [-0.2, 0) is 6.61 Å². The zero-order valence-electron chi connectivity index (χ0n) is 9.26. The maximum atomic E-state index is 5.64. The van der Waals surface area contributed by atoms with Gasteiger partial charge < -0.3 is 9.47 Å². The van der Waals surface area contributed by atoms with Crippen LogP contribution in [0.5, 0.6) is 11.5 Å². The zero-order valence-corrected chi connectivity index (χ0v) is 10.0. The number of nitrogens with zero attached hydrogens (tertiary/aromatic N) is 2. The molecule has 5 heteroatoms. The smallest absolute Gasteiger partial charge is 0.147 e. The summed E-state index contributed by atoms with van der Waals surface area (Å²) in [6.45, 7) is 0.345. The largest absolute Gasteiger partial charge is 0.497 e. The number of methoxy groups -OCH3 is 1. The fourth-order valence-corrected chi connectivity index (χ4v) is 1.36. The summed E-state index contributed by atoms with van der Waals surface area (Å²) >= 11 is 5.64. The first-order valence-corrected chi connectivity index (χ1v) is 5.39. The van der Waals surface area contributed by atoms with Gasteiger partial charge in [0.25, 0.3) is 0 Å². The lowest BCUT2D eigenvalue weighted by Gasteiger charge is -2.06. The Morgan fingerprint density at radius 1 is 1.18 bits per heavy atom. The van der Waals surface area contributed by atoms with E-state index in [4.69, 9.17) is 21.1 Å². The van der Waals surface area contributed by atoms with Crippen molar-refractivity contribution in [2.45, 2.75) is 6.61 Å². The Labute approximate surface area is 104 Å². The minimum atomic E-state index is 0.345. The minimum Gasteiger partial charge on any atom is -0.497 e. The van der Waals surface area contributed by atoms with Crippen LogP contribution in [0.4, 0.5) is 0 Å². The first kappa shape index (κ1) is 11.7. The van der Waals surface area contributed by atoms with Crippen molar-refractivity contribution in [3.05, 3.63) is 47.5 Å². The van der Waals surface area contributed by atoms with Gasteiger partial charge in [-0.25, -0.2) is 4.98 Å². The van der Waals surface area contributed by atoms with Gasteiger partial charge in [-0.3, -0.25) is 4.98 Å². The van der Waals surface area contributed by atoms with Crippen LogP contribution in [0.15, 0.2) is 36.7 Å². The lowest BCUT2D eigenvalue weighted by molar-refractivity contribution is 0.298. The standard InChI is InChI=1S/C12H11ClN2O2/c1-16-10-3-2-4-11(5-10)17-8-9-6-15-12(13)7-14-9/h2-7H,8H2,1H3. The van der Waals surface area contributed by atoms with Gasteiger partial charge in [0.15, 0.2) is 0 Å². The summed E-state index contributed by atoms with van der Waals surface area (Å²) in [5.74, 6) is 1.48. The van der Waals surface area contributed by atoms with E-state index in [0.29, 0.717) is 11.8 Å². The number of benzene rings is 1. The molecule has 0 atom stereocenters. The summed E-state index contributed by atoms with van der Waals surface area (Å²) in [5, 5.41) is 0.370. The summed E-state index contributed by atoms with van der Waals surface area (Å²) in [6.07, 6.45) is 3.08. The van der Waals surface area contributed by atoms with Gasteiger partial charge in [-0.05, 0) is 12.1 Å². The molecule has 2 rings (SSSR count). The van der Waals surface area contributed by atoms with E-state index < -0.39 is 0 Å². The highest BCUT2D eigenvalue weighted by Crippen LogP contribution is 2.19. The number of rotatable bonds is 4. The van der Waals surface area contributed by atoms with Gasteiger partial charge >= 0.3 is 0 Å². The van der Waals surface area contributed by atoms with E-state index in [2.05, 4.69) is 9.97 Å². The zero-order chi connectivity index (χ0) is 12.1. The number of hydrogen-bond donors (Lipinski definition) is 0. The van der Waals surface area contributed by atoms with Crippen molar-refractivity contribution in [1.82, 2.24) is 9.97 Å². The predicted molar refractivity (Wildman–Crippen MR) is 64.4 cm³/mol. The van der Waals surface area contributed by atoms with Crippen molar-refractivity contribution in [3.63, 3.8) is 0 Å². The summed E-state index contributed by atoms with van der Waals surface area (Å²) in [6, 6.07) is 7.38. The van der Waals surface area contributed by atoms with E-state index >= 15 is 0 Å². The molecule has 0 radical (unpaired) electrons. The summed E-state index contributed by atoms with van der Waals surface area (Å²) in [4.78, 5) is 8.01. The maximum Gasteiger partial charge on any atom is 0.147 e. The van der Waals surface area contributed by atoms with Gasteiger partial charge in [0, 0.05) is 6.07 Å². The molecule has 1 aromatic heterocycles. The Morgan fingerprint density at radius 2 is 2.00 bits per heavy atom. The van der Waals surface area contributed by atoms with E-state index in [1.807, 2.05) is 24.3 Å². The second kappa shape index (κ2) is 5.50. The molecule has 0 saturated carbocycles. The van der Waals surface area contributed by atoms with Crippen LogP contribution in [0.25, 0.3) is 0 Å². The molecule has 0 amide bonds. The predicted octanol–water partition coefficient (Wildman–Crippen LogP) is 2.72. The second-order valence-corrected chi connectivity index (χ2v) is 3.69. The third kappa shape index (κ3) is 3.32. The molecule has 0 unspecified atom stereocenters. The highest BCUT2D eigenvalue weighted by molar-refractivity contribution is 6.29. The van der Waals surface area contributed by atoms with Crippen molar-refractivity contribution >= 4 is 11.6 Å². The van der Waals surface area contributed by atoms with Crippen LogP contribution < -0.4 is 9.47 Å². The molecule has 0 N–H and O–H groups in total. The molecule has 1 aromatic carbocycles. The highest BCUT2D eigenvalue weighted by atomic mass is 35.5. The fraction of sp³-hybridized carbons (Fsp3) is 0.167. The average molecular weight is 251 g/mol. The number of aromatic nitrogens is 2. The van der Waals surface area contributed by atoms with Crippen molar-refractivity contribution in [3.8, 4) is 11.5 Å². The van der Waals surface area contributed by atoms with Gasteiger partial charge in [0.05, 0.1) is 25.2 Å². The quantitative estimate of drug-likeness (QED) is 0.837. The Bertz CT molecular complexity index is 488. The third-order valence-corrected chi connectivity index (χ3v) is 2.30. The summed E-state index contributed by atoms with van der Waals surface area (Å²) in [5.41, 5.74) is 0.720. The normalized spacial score (nSPS) is 10.0. The summed E-state index contributed by atoms with van der Waals surface area (Å²) < 4.78 is 10.6. The monoisotopic (exact) mass is 250 g/mol. The number of halogens is 1. The molecule has 2 aromatic rings. The molecule has 88 valence electrons. The lowest BCUT2D eigenvalue weighted by Crippen LogP contribution is -1.99. The van der Waals surface area contributed by atoms with Crippen LogP contribution in [0.3, 0.4) is 0 Å². The third-order valence-electron chi connectivity index (χ3n) is 2.10. The SMILES string of the molecule is COc1cccc(OCc2cnc(Cl)cn2)c1. The van der Waals surface area contributed by atoms with Crippen molar-refractivity contribution < 1.29 is 9.47 Å². The van der Waals surface area contributed by atoms with Gasteiger partial charge in [0.1, 0.15) is 23.3 Å². The number of ether oxygens (including phenoxy) is 2. The number of hydrogen-bond acceptors (Lipinski definition) is 4. The van der Waals surface area contributed by atoms with Gasteiger partial charge in [0.2, 0.25) is 0 Å². The lowest BCUT2D eigenvalue weighted by atomic mass is 10.3. The average Bonchev–Trinajstić information content (AvgIpc) is 2.38. The van der Waals surface area contributed by atoms with E-state index in [1.54, 1.807) is 13.3 Å². The van der Waals surface area contributed by atoms with Gasteiger partial charge in [-0.15, -0.1) is 0 Å². The molecular weight excluding hydrogens is 240 g/mol. The van der Waals surface area contributed by atoms with Crippen molar-refractivity contribution in [1.29, 1.82) is 0 Å². The molecule has 0 saturated heterocycles. The van der Waals surface area contributed by atoms with Gasteiger partial charge in [-0.1, -0.05) is 17.7 Å². The van der Waals surface area contributed by atoms with Crippen LogP contribution >= 0.6 is 11.6 Å². The van der Waals surface area contributed by atoms with E-state index in [0.717, 1.165) is 17.2 Å². The molecule has 0 aliphatic rings. The van der Waals surface area contributed by atoms with Gasteiger partial charge in [-0.2, -0.15) is 0 Å². The molecule has 0 fully saturated rings. The highest BCUT2D eigenvalue weighted by Gasteiger charge is 1.99. The van der Waals surface area contributed by atoms with Crippen molar-refractivity contribution in [2.24, 2.45) is 0 Å². The Balaban J connectivity index is 1.99. The molecule has 0 spiro atoms. The molecule has 17 heavy (non-hydrogen) atoms. The van der Waals surface area contributed by atoms with E-state index in [1.165, 1.54) is 6.20 Å². The van der Waals surface area contributed by atoms with Crippen LogP contribution in [0.2, 0.25) is 5.15 Å². The maximum absolute atomic E-state index is 5.64. The molecular formula is C12H11ClN2O2. The molecule has 0 aliphatic heterocycles. The Hall–Kier alpha value is -1.81. The first-order valence-electron chi connectivity index (χ1n) is 5.01. The molecule has 1 heterocycles. The fourth-order valence-electron chi connectivity index (χ4n) is 1.26. The summed E-state index contributed by atoms with van der Waals surface area (Å²) in [7, 11) is 1.61. The Kier molecular flexibility index (Phi) is 3.77. The molecule has 4 nitrogen and oxygen atoms in total. The first-order chi connectivity index (χ1) is 8.28. The second-order valence-electron chi connectivity index (χ2n) is 3.30. The van der Waals surface area contributed by atoms with Crippen LogP contribution in [0.1, 0.15) is 5.69 Å². The molecule has 0 aliphatic carbocycles. The topological polar surface area (TPSA) is 44.2 Å². The molecule has 0 bridgehead atoms. The van der Waals surface area contributed by atoms with Crippen LogP contribution in [0, 0.1) is 0 Å². The van der Waals surface area contributed by atoms with Crippen molar-refractivity contribution in [2.75, 3.05) is 7.11 Å². The van der Waals surface area contributed by atoms with E-state index in [9.17, 15) is 0 Å². The Morgan fingerprint density at radius 3 is 2.71 bits per heavy atom. The van der Waals surface area contributed by atoms with E-state index in [-0.39, 0.29) is 0 Å². The van der Waals surface area contributed by atoms with Crippen LogP contribution in [-0.4, -0.2) is 17.1 Å². The minimum absolute atomic E-state index is 0.345.